The lowest BCUT2D eigenvalue weighted by Crippen LogP contribution is -2.43. The van der Waals surface area contributed by atoms with Gasteiger partial charge < -0.3 is 10.2 Å². The second kappa shape index (κ2) is 7.44. The second-order valence-corrected chi connectivity index (χ2v) is 7.30. The Bertz CT molecular complexity index is 599. The van der Waals surface area contributed by atoms with E-state index >= 15 is 0 Å². The Kier molecular flexibility index (Phi) is 6.45. The Hall–Kier alpha value is -0.830. The van der Waals surface area contributed by atoms with Crippen LogP contribution in [-0.4, -0.2) is 51.2 Å². The van der Waals surface area contributed by atoms with Gasteiger partial charge >= 0.3 is 0 Å². The number of hydrogen-bond acceptors (Lipinski definition) is 5. The molecule has 2 rings (SSSR count). The topological polar surface area (TPSA) is 61.8 Å². The van der Waals surface area contributed by atoms with Gasteiger partial charge in [-0.15, -0.1) is 24.0 Å². The van der Waals surface area contributed by atoms with Crippen LogP contribution >= 0.6 is 24.0 Å². The van der Waals surface area contributed by atoms with Crippen molar-refractivity contribution in [3.05, 3.63) is 29.8 Å². The molecule has 7 heteroatoms. The van der Waals surface area contributed by atoms with Crippen LogP contribution in [0.1, 0.15) is 12.5 Å². The van der Waals surface area contributed by atoms with Crippen LogP contribution in [-0.2, 0) is 9.84 Å². The first kappa shape index (κ1) is 18.2. The van der Waals surface area contributed by atoms with Gasteiger partial charge in [0.2, 0.25) is 0 Å². The van der Waals surface area contributed by atoms with Crippen LogP contribution in [0, 0.1) is 6.92 Å². The van der Waals surface area contributed by atoms with E-state index in [1.807, 2.05) is 37.9 Å². The second-order valence-electron chi connectivity index (χ2n) is 5.27. The normalized spacial score (nSPS) is 16.1. The molecule has 1 aromatic rings. The molecule has 1 atom stereocenters. The predicted octanol–water partition coefficient (Wildman–Crippen LogP) is 1.67. The maximum Gasteiger partial charge on any atom is 0.194 e. The number of aryl methyl sites for hydroxylation is 1. The van der Waals surface area contributed by atoms with Crippen LogP contribution in [0.15, 0.2) is 34.2 Å². The largest absolute Gasteiger partial charge is 0.353 e. The summed E-state index contributed by atoms with van der Waals surface area (Å²) in [6.45, 7) is 5.44. The fraction of sp³-hybridized carbons (Fsp3) is 0.500. The highest BCUT2D eigenvalue weighted by Crippen LogP contribution is 2.13. The number of aliphatic imine (C=N–C) groups is 1. The predicted molar refractivity (Wildman–Crippen MR) is 96.2 cm³/mol. The van der Waals surface area contributed by atoms with Crippen molar-refractivity contribution in [1.82, 2.24) is 10.2 Å². The molecule has 1 aromatic carbocycles. The number of guanidine groups is 1. The van der Waals surface area contributed by atoms with Gasteiger partial charge in [0.05, 0.1) is 17.2 Å². The summed E-state index contributed by atoms with van der Waals surface area (Å²) in [5.41, 5.74) is 1.05. The molecule has 1 aliphatic rings. The SMILES string of the molecule is Cc1ccc(S(=O)(=O)CC(C)NC2=NCCN2C)cc1.I. The van der Waals surface area contributed by atoms with Gasteiger partial charge in [-0.1, -0.05) is 17.7 Å². The molecule has 0 bridgehead atoms. The molecule has 1 aliphatic heterocycles. The van der Waals surface area contributed by atoms with E-state index < -0.39 is 9.84 Å². The van der Waals surface area contributed by atoms with E-state index in [1.54, 1.807) is 12.1 Å². The van der Waals surface area contributed by atoms with E-state index in [2.05, 4.69) is 10.3 Å². The van der Waals surface area contributed by atoms with E-state index in [0.29, 0.717) is 4.90 Å². The summed E-state index contributed by atoms with van der Waals surface area (Å²) in [7, 11) is -1.33. The van der Waals surface area contributed by atoms with Crippen LogP contribution in [0.2, 0.25) is 0 Å². The average molecular weight is 423 g/mol. The molecule has 0 saturated carbocycles. The minimum absolute atomic E-state index is 0. The molecule has 0 spiro atoms. The van der Waals surface area contributed by atoms with Crippen molar-refractivity contribution in [2.24, 2.45) is 4.99 Å². The summed E-state index contributed by atoms with van der Waals surface area (Å²) in [5, 5.41) is 3.16. The molecule has 21 heavy (non-hydrogen) atoms. The summed E-state index contributed by atoms with van der Waals surface area (Å²) in [6.07, 6.45) is 0. The number of nitrogens with zero attached hydrogens (tertiary/aromatic N) is 2. The van der Waals surface area contributed by atoms with Crippen LogP contribution in [0.5, 0.6) is 0 Å². The summed E-state index contributed by atoms with van der Waals surface area (Å²) >= 11 is 0. The van der Waals surface area contributed by atoms with Gasteiger partial charge in [0, 0.05) is 19.6 Å². The zero-order chi connectivity index (χ0) is 14.8. The molecule has 1 heterocycles. The van der Waals surface area contributed by atoms with Crippen LogP contribution in [0.25, 0.3) is 0 Å². The molecular weight excluding hydrogens is 401 g/mol. The number of likely N-dealkylation sites (N-methyl/N-ethyl adjacent to an activating group) is 1. The first-order valence-corrected chi connectivity index (χ1v) is 8.35. The molecule has 0 saturated heterocycles. The van der Waals surface area contributed by atoms with Gasteiger partial charge in [-0.25, -0.2) is 8.42 Å². The van der Waals surface area contributed by atoms with Gasteiger partial charge in [-0.3, -0.25) is 4.99 Å². The highest BCUT2D eigenvalue weighted by Gasteiger charge is 2.21. The highest BCUT2D eigenvalue weighted by atomic mass is 127. The molecule has 0 fully saturated rings. The Morgan fingerprint density at radius 2 is 1.95 bits per heavy atom. The molecule has 0 amide bonds. The first-order valence-electron chi connectivity index (χ1n) is 6.70. The Morgan fingerprint density at radius 1 is 1.33 bits per heavy atom. The van der Waals surface area contributed by atoms with Crippen LogP contribution in [0.3, 0.4) is 0 Å². The van der Waals surface area contributed by atoms with Gasteiger partial charge in [-0.2, -0.15) is 0 Å². The van der Waals surface area contributed by atoms with E-state index in [4.69, 9.17) is 0 Å². The van der Waals surface area contributed by atoms with Crippen molar-refractivity contribution >= 4 is 39.8 Å². The van der Waals surface area contributed by atoms with Gasteiger partial charge in [0.15, 0.2) is 15.8 Å². The fourth-order valence-electron chi connectivity index (χ4n) is 2.12. The number of sulfone groups is 1. The lowest BCUT2D eigenvalue weighted by atomic mass is 10.2. The van der Waals surface area contributed by atoms with Gasteiger partial charge in [0.25, 0.3) is 0 Å². The minimum Gasteiger partial charge on any atom is -0.353 e. The number of hydrogen-bond donors (Lipinski definition) is 1. The maximum atomic E-state index is 12.3. The molecule has 0 aromatic heterocycles. The molecule has 0 radical (unpaired) electrons. The molecule has 5 nitrogen and oxygen atoms in total. The molecule has 118 valence electrons. The third-order valence-electron chi connectivity index (χ3n) is 3.28. The number of nitrogens with one attached hydrogen (secondary N) is 1. The van der Waals surface area contributed by atoms with Gasteiger partial charge in [-0.05, 0) is 26.0 Å². The lowest BCUT2D eigenvalue weighted by Gasteiger charge is -2.20. The molecular formula is C14H22IN3O2S. The van der Waals surface area contributed by atoms with Crippen molar-refractivity contribution in [3.8, 4) is 0 Å². The Morgan fingerprint density at radius 3 is 2.48 bits per heavy atom. The summed E-state index contributed by atoms with van der Waals surface area (Å²) in [4.78, 5) is 6.68. The van der Waals surface area contributed by atoms with Crippen LogP contribution < -0.4 is 5.32 Å². The quantitative estimate of drug-likeness (QED) is 0.749. The first-order chi connectivity index (χ1) is 9.38. The van der Waals surface area contributed by atoms with Crippen LogP contribution in [0.4, 0.5) is 0 Å². The summed E-state index contributed by atoms with van der Waals surface area (Å²) < 4.78 is 24.6. The number of rotatable bonds is 4. The smallest absolute Gasteiger partial charge is 0.194 e. The third-order valence-corrected chi connectivity index (χ3v) is 5.21. The van der Waals surface area contributed by atoms with Crippen molar-refractivity contribution < 1.29 is 8.42 Å². The zero-order valence-electron chi connectivity index (χ0n) is 12.5. The Labute approximate surface area is 143 Å². The molecule has 0 aliphatic carbocycles. The summed E-state index contributed by atoms with van der Waals surface area (Å²) in [5.74, 6) is 0.833. The van der Waals surface area contributed by atoms with Gasteiger partial charge in [0.1, 0.15) is 0 Å². The highest BCUT2D eigenvalue weighted by molar-refractivity contribution is 14.0. The lowest BCUT2D eigenvalue weighted by molar-refractivity contribution is 0.521. The number of halogens is 1. The summed E-state index contributed by atoms with van der Waals surface area (Å²) in [6, 6.07) is 6.79. The monoisotopic (exact) mass is 423 g/mol. The van der Waals surface area contributed by atoms with Crippen molar-refractivity contribution in [2.45, 2.75) is 24.8 Å². The average Bonchev–Trinajstić information content (AvgIpc) is 2.74. The standard InChI is InChI=1S/C14H21N3O2S.HI/c1-11-4-6-13(7-5-11)20(18,19)10-12(2)16-14-15-8-9-17(14)3;/h4-7,12H,8-10H2,1-3H3,(H,15,16);1H. The third kappa shape index (κ3) is 4.84. The maximum absolute atomic E-state index is 12.3. The van der Waals surface area contributed by atoms with Crippen molar-refractivity contribution in [1.29, 1.82) is 0 Å². The van der Waals surface area contributed by atoms with E-state index in [9.17, 15) is 8.42 Å². The van der Waals surface area contributed by atoms with Crippen molar-refractivity contribution in [2.75, 3.05) is 25.9 Å². The van der Waals surface area contributed by atoms with E-state index in [-0.39, 0.29) is 35.8 Å². The minimum atomic E-state index is -3.27. The Balaban J connectivity index is 0.00000220. The van der Waals surface area contributed by atoms with Crippen molar-refractivity contribution in [3.63, 3.8) is 0 Å². The molecule has 1 N–H and O–H groups in total. The number of benzene rings is 1. The van der Waals surface area contributed by atoms with E-state index in [1.165, 1.54) is 0 Å². The fourth-order valence-corrected chi connectivity index (χ4v) is 3.61. The molecule has 1 unspecified atom stereocenters. The zero-order valence-corrected chi connectivity index (χ0v) is 15.7. The van der Waals surface area contributed by atoms with E-state index in [0.717, 1.165) is 24.6 Å².